The Morgan fingerprint density at radius 1 is 1.15 bits per heavy atom. The fraction of sp³-hybridized carbons (Fsp3) is 0.300. The maximum Gasteiger partial charge on any atom is 0.262 e. The van der Waals surface area contributed by atoms with E-state index in [2.05, 4.69) is 10.2 Å². The van der Waals surface area contributed by atoms with E-state index >= 15 is 0 Å². The zero-order chi connectivity index (χ0) is 18.4. The standard InChI is InChI=1S/C20H21N3O3/c1-25-19-12-15(13-21)4-9-18(19)26-14-20(24)22-16-5-7-17(8-6-16)23-10-2-3-11-23/h4-9,12H,2-3,10-11,14H2,1H3,(H,22,24). The van der Waals surface area contributed by atoms with E-state index in [9.17, 15) is 4.79 Å². The summed E-state index contributed by atoms with van der Waals surface area (Å²) in [4.78, 5) is 14.4. The Morgan fingerprint density at radius 3 is 2.54 bits per heavy atom. The van der Waals surface area contributed by atoms with Crippen LogP contribution < -0.4 is 19.7 Å². The molecular formula is C20H21N3O3. The zero-order valence-corrected chi connectivity index (χ0v) is 14.7. The van der Waals surface area contributed by atoms with Gasteiger partial charge in [0.05, 0.1) is 18.7 Å². The van der Waals surface area contributed by atoms with Gasteiger partial charge in [0.15, 0.2) is 18.1 Å². The number of hydrogen-bond acceptors (Lipinski definition) is 5. The van der Waals surface area contributed by atoms with E-state index < -0.39 is 0 Å². The summed E-state index contributed by atoms with van der Waals surface area (Å²) in [6, 6.07) is 14.7. The minimum atomic E-state index is -0.259. The van der Waals surface area contributed by atoms with Crippen molar-refractivity contribution in [2.75, 3.05) is 37.0 Å². The molecule has 1 saturated heterocycles. The van der Waals surface area contributed by atoms with Crippen molar-refractivity contribution in [2.45, 2.75) is 12.8 Å². The number of ether oxygens (including phenoxy) is 2. The van der Waals surface area contributed by atoms with Crippen molar-refractivity contribution in [1.82, 2.24) is 0 Å². The largest absolute Gasteiger partial charge is 0.493 e. The first kappa shape index (κ1) is 17.6. The van der Waals surface area contributed by atoms with E-state index in [1.807, 2.05) is 30.3 Å². The van der Waals surface area contributed by atoms with E-state index in [4.69, 9.17) is 14.7 Å². The average molecular weight is 351 g/mol. The molecule has 0 aromatic heterocycles. The van der Waals surface area contributed by atoms with Crippen LogP contribution in [-0.4, -0.2) is 32.7 Å². The molecule has 3 rings (SSSR count). The molecule has 134 valence electrons. The lowest BCUT2D eigenvalue weighted by molar-refractivity contribution is -0.118. The van der Waals surface area contributed by atoms with Crippen LogP contribution >= 0.6 is 0 Å². The Balaban J connectivity index is 1.55. The van der Waals surface area contributed by atoms with Gasteiger partial charge in [-0.05, 0) is 49.2 Å². The second kappa shape index (κ2) is 8.26. The van der Waals surface area contributed by atoms with E-state index in [1.54, 1.807) is 18.2 Å². The normalized spacial score (nSPS) is 13.2. The van der Waals surface area contributed by atoms with Crippen molar-refractivity contribution in [1.29, 1.82) is 5.26 Å². The van der Waals surface area contributed by atoms with Crippen LogP contribution in [-0.2, 0) is 4.79 Å². The molecule has 0 radical (unpaired) electrons. The van der Waals surface area contributed by atoms with Crippen molar-refractivity contribution in [3.63, 3.8) is 0 Å². The minimum Gasteiger partial charge on any atom is -0.493 e. The fourth-order valence-electron chi connectivity index (χ4n) is 2.93. The van der Waals surface area contributed by atoms with Crippen molar-refractivity contribution in [3.05, 3.63) is 48.0 Å². The van der Waals surface area contributed by atoms with Gasteiger partial charge in [0.2, 0.25) is 0 Å². The molecule has 6 heteroatoms. The van der Waals surface area contributed by atoms with Crippen molar-refractivity contribution in [3.8, 4) is 17.6 Å². The number of nitriles is 1. The van der Waals surface area contributed by atoms with Crippen molar-refractivity contribution >= 4 is 17.3 Å². The minimum absolute atomic E-state index is 0.143. The van der Waals surface area contributed by atoms with Gasteiger partial charge in [-0.2, -0.15) is 5.26 Å². The quantitative estimate of drug-likeness (QED) is 0.865. The fourth-order valence-corrected chi connectivity index (χ4v) is 2.93. The third-order valence-electron chi connectivity index (χ3n) is 4.27. The van der Waals surface area contributed by atoms with Crippen LogP contribution in [0.2, 0.25) is 0 Å². The Kier molecular flexibility index (Phi) is 5.59. The Hall–Kier alpha value is -3.20. The second-order valence-corrected chi connectivity index (χ2v) is 6.06. The van der Waals surface area contributed by atoms with Gasteiger partial charge in [-0.15, -0.1) is 0 Å². The molecule has 0 unspecified atom stereocenters. The number of amides is 1. The Bertz CT molecular complexity index is 806. The van der Waals surface area contributed by atoms with Gasteiger partial charge in [-0.1, -0.05) is 0 Å². The predicted molar refractivity (Wildman–Crippen MR) is 99.7 cm³/mol. The van der Waals surface area contributed by atoms with Gasteiger partial charge in [0.25, 0.3) is 5.91 Å². The van der Waals surface area contributed by atoms with Crippen LogP contribution in [0.3, 0.4) is 0 Å². The second-order valence-electron chi connectivity index (χ2n) is 6.06. The molecule has 0 aliphatic carbocycles. The van der Waals surface area contributed by atoms with E-state index in [-0.39, 0.29) is 12.5 Å². The van der Waals surface area contributed by atoms with Gasteiger partial charge in [0, 0.05) is 30.5 Å². The van der Waals surface area contributed by atoms with Crippen LogP contribution in [0.15, 0.2) is 42.5 Å². The summed E-state index contributed by atoms with van der Waals surface area (Å²) in [6.07, 6.45) is 2.46. The number of benzene rings is 2. The highest BCUT2D eigenvalue weighted by Crippen LogP contribution is 2.28. The number of carbonyl (C=O) groups is 1. The van der Waals surface area contributed by atoms with Crippen LogP contribution in [0, 0.1) is 11.3 Å². The highest BCUT2D eigenvalue weighted by atomic mass is 16.5. The topological polar surface area (TPSA) is 74.6 Å². The monoisotopic (exact) mass is 351 g/mol. The number of methoxy groups -OCH3 is 1. The number of nitrogens with zero attached hydrogens (tertiary/aromatic N) is 2. The highest BCUT2D eigenvalue weighted by Gasteiger charge is 2.12. The molecular weight excluding hydrogens is 330 g/mol. The number of rotatable bonds is 6. The molecule has 1 aliphatic rings. The van der Waals surface area contributed by atoms with Crippen LogP contribution in [0.1, 0.15) is 18.4 Å². The molecule has 1 N–H and O–H groups in total. The lowest BCUT2D eigenvalue weighted by Gasteiger charge is -2.17. The van der Waals surface area contributed by atoms with Gasteiger partial charge >= 0.3 is 0 Å². The molecule has 1 fully saturated rings. The zero-order valence-electron chi connectivity index (χ0n) is 14.7. The molecule has 6 nitrogen and oxygen atoms in total. The molecule has 1 heterocycles. The van der Waals surface area contributed by atoms with Crippen LogP contribution in [0.4, 0.5) is 11.4 Å². The van der Waals surface area contributed by atoms with Gasteiger partial charge in [0.1, 0.15) is 0 Å². The van der Waals surface area contributed by atoms with Crippen LogP contribution in [0.5, 0.6) is 11.5 Å². The highest BCUT2D eigenvalue weighted by molar-refractivity contribution is 5.92. The number of anilines is 2. The van der Waals surface area contributed by atoms with E-state index in [0.717, 1.165) is 18.8 Å². The van der Waals surface area contributed by atoms with E-state index in [0.29, 0.717) is 17.1 Å². The molecule has 2 aromatic carbocycles. The third-order valence-corrected chi connectivity index (χ3v) is 4.27. The lowest BCUT2D eigenvalue weighted by atomic mass is 10.2. The molecule has 0 atom stereocenters. The molecule has 0 spiro atoms. The van der Waals surface area contributed by atoms with E-state index in [1.165, 1.54) is 25.6 Å². The number of carbonyl (C=O) groups excluding carboxylic acids is 1. The van der Waals surface area contributed by atoms with Crippen molar-refractivity contribution < 1.29 is 14.3 Å². The Labute approximate surface area is 152 Å². The van der Waals surface area contributed by atoms with Gasteiger partial charge in [-0.3, -0.25) is 4.79 Å². The maximum absolute atomic E-state index is 12.1. The van der Waals surface area contributed by atoms with Gasteiger partial charge < -0.3 is 19.7 Å². The molecule has 0 bridgehead atoms. The number of nitrogens with one attached hydrogen (secondary N) is 1. The molecule has 2 aromatic rings. The van der Waals surface area contributed by atoms with Crippen molar-refractivity contribution in [2.24, 2.45) is 0 Å². The lowest BCUT2D eigenvalue weighted by Crippen LogP contribution is -2.20. The molecule has 1 amide bonds. The summed E-state index contributed by atoms with van der Waals surface area (Å²) in [6.45, 7) is 2.04. The summed E-state index contributed by atoms with van der Waals surface area (Å²) < 4.78 is 10.7. The first-order chi connectivity index (χ1) is 12.7. The summed E-state index contributed by atoms with van der Waals surface area (Å²) in [5.74, 6) is 0.586. The summed E-state index contributed by atoms with van der Waals surface area (Å²) in [7, 11) is 1.49. The SMILES string of the molecule is COc1cc(C#N)ccc1OCC(=O)Nc1ccc(N2CCCC2)cc1. The predicted octanol–water partition coefficient (Wildman–Crippen LogP) is 3.18. The summed E-state index contributed by atoms with van der Waals surface area (Å²) >= 11 is 0. The first-order valence-corrected chi connectivity index (χ1v) is 8.55. The van der Waals surface area contributed by atoms with Crippen LogP contribution in [0.25, 0.3) is 0 Å². The molecule has 26 heavy (non-hydrogen) atoms. The average Bonchev–Trinajstić information content (AvgIpc) is 3.21. The smallest absolute Gasteiger partial charge is 0.262 e. The summed E-state index contributed by atoms with van der Waals surface area (Å²) in [5.41, 5.74) is 2.38. The molecule has 1 aliphatic heterocycles. The Morgan fingerprint density at radius 2 is 1.88 bits per heavy atom. The first-order valence-electron chi connectivity index (χ1n) is 8.55. The number of hydrogen-bond donors (Lipinski definition) is 1. The van der Waals surface area contributed by atoms with Gasteiger partial charge in [-0.25, -0.2) is 0 Å². The third kappa shape index (κ3) is 4.25. The maximum atomic E-state index is 12.1. The molecule has 0 saturated carbocycles. The summed E-state index contributed by atoms with van der Waals surface area (Å²) in [5, 5.41) is 11.7.